The fraction of sp³-hybridized carbons (Fsp3) is 0.300. The van der Waals surface area contributed by atoms with Gasteiger partial charge in [-0.05, 0) is 43.9 Å². The lowest BCUT2D eigenvalue weighted by atomic mass is 10.0. The highest BCUT2D eigenvalue weighted by Gasteiger charge is 2.47. The van der Waals surface area contributed by atoms with Crippen molar-refractivity contribution in [1.29, 1.82) is 0 Å². The van der Waals surface area contributed by atoms with Crippen LogP contribution in [0.3, 0.4) is 0 Å². The largest absolute Gasteiger partial charge is 0.349 e. The minimum Gasteiger partial charge on any atom is -0.349 e. The Labute approximate surface area is 127 Å². The Hall–Kier alpha value is -2.20. The van der Waals surface area contributed by atoms with Crippen molar-refractivity contribution >= 4 is 5.69 Å². The van der Waals surface area contributed by atoms with Gasteiger partial charge in [-0.3, -0.25) is 0 Å². The van der Waals surface area contributed by atoms with Gasteiger partial charge in [0.1, 0.15) is 6.04 Å². The fourth-order valence-corrected chi connectivity index (χ4v) is 3.42. The summed E-state index contributed by atoms with van der Waals surface area (Å²) >= 11 is 0. The molecular formula is C20H21N. The van der Waals surface area contributed by atoms with Gasteiger partial charge in [-0.1, -0.05) is 53.9 Å². The van der Waals surface area contributed by atoms with E-state index in [4.69, 9.17) is 6.42 Å². The molecule has 0 aromatic heterocycles. The molecule has 0 bridgehead atoms. The van der Waals surface area contributed by atoms with Crippen molar-refractivity contribution in [2.75, 3.05) is 4.90 Å². The Balaban J connectivity index is 1.88. The van der Waals surface area contributed by atoms with Crippen molar-refractivity contribution in [3.05, 3.63) is 64.7 Å². The van der Waals surface area contributed by atoms with Crippen LogP contribution in [-0.4, -0.2) is 12.1 Å². The number of anilines is 1. The van der Waals surface area contributed by atoms with E-state index in [1.165, 1.54) is 27.9 Å². The molecule has 0 aliphatic carbocycles. The molecule has 0 spiro atoms. The van der Waals surface area contributed by atoms with Crippen LogP contribution in [0.1, 0.15) is 22.3 Å². The van der Waals surface area contributed by atoms with E-state index in [2.05, 4.69) is 74.1 Å². The summed E-state index contributed by atoms with van der Waals surface area (Å²) in [5.74, 6) is 2.95. The lowest BCUT2D eigenvalue weighted by molar-refractivity contribution is 0.940. The highest BCUT2D eigenvalue weighted by Crippen LogP contribution is 2.41. The minimum atomic E-state index is 0.227. The third-order valence-electron chi connectivity index (χ3n) is 4.28. The van der Waals surface area contributed by atoms with E-state index in [0.717, 1.165) is 6.42 Å². The quantitative estimate of drug-likeness (QED) is 0.603. The first-order chi connectivity index (χ1) is 10.1. The zero-order valence-electron chi connectivity index (χ0n) is 12.9. The molecule has 2 atom stereocenters. The molecule has 2 aromatic carbocycles. The molecule has 1 heterocycles. The molecule has 1 aliphatic heterocycles. The van der Waals surface area contributed by atoms with Crippen LogP contribution in [0.5, 0.6) is 0 Å². The predicted molar refractivity (Wildman–Crippen MR) is 89.7 cm³/mol. The summed E-state index contributed by atoms with van der Waals surface area (Å²) < 4.78 is 0. The van der Waals surface area contributed by atoms with Crippen molar-refractivity contribution in [1.82, 2.24) is 0 Å². The lowest BCUT2D eigenvalue weighted by Crippen LogP contribution is -2.06. The van der Waals surface area contributed by atoms with Crippen LogP contribution in [0.4, 0.5) is 5.69 Å². The summed E-state index contributed by atoms with van der Waals surface area (Å²) in [4.78, 5) is 2.40. The van der Waals surface area contributed by atoms with Crippen LogP contribution in [0.2, 0.25) is 0 Å². The van der Waals surface area contributed by atoms with Gasteiger partial charge in [0.05, 0.1) is 6.04 Å². The standard InChI is InChI=1S/C20H21N/c1-5-18-19(13-17-9-7-6-8-10-17)21(18)20-15(3)11-14(2)12-16(20)4/h1,6-12,18-19H,13H2,2-4H3/t18-,19+,21?/m1/s1. The maximum Gasteiger partial charge on any atom is 0.111 e. The van der Waals surface area contributed by atoms with Gasteiger partial charge >= 0.3 is 0 Å². The summed E-state index contributed by atoms with van der Waals surface area (Å²) in [5, 5.41) is 0. The molecule has 0 saturated carbocycles. The summed E-state index contributed by atoms with van der Waals surface area (Å²) in [6, 6.07) is 15.7. The topological polar surface area (TPSA) is 3.01 Å². The van der Waals surface area contributed by atoms with Gasteiger partial charge in [0.15, 0.2) is 0 Å². The lowest BCUT2D eigenvalue weighted by Gasteiger charge is -2.14. The van der Waals surface area contributed by atoms with Crippen molar-refractivity contribution in [2.45, 2.75) is 39.3 Å². The smallest absolute Gasteiger partial charge is 0.111 e. The fourth-order valence-electron chi connectivity index (χ4n) is 3.42. The van der Waals surface area contributed by atoms with Gasteiger partial charge in [0, 0.05) is 5.69 Å². The Kier molecular flexibility index (Phi) is 3.47. The van der Waals surface area contributed by atoms with Gasteiger partial charge in [-0.2, -0.15) is 0 Å². The molecule has 0 amide bonds. The molecule has 106 valence electrons. The van der Waals surface area contributed by atoms with Crippen molar-refractivity contribution < 1.29 is 0 Å². The van der Waals surface area contributed by atoms with Gasteiger partial charge in [-0.15, -0.1) is 6.42 Å². The highest BCUT2D eigenvalue weighted by molar-refractivity contribution is 5.68. The van der Waals surface area contributed by atoms with E-state index in [1.807, 2.05) is 0 Å². The number of hydrogen-bond donors (Lipinski definition) is 0. The van der Waals surface area contributed by atoms with Gasteiger partial charge in [0.25, 0.3) is 0 Å². The van der Waals surface area contributed by atoms with E-state index < -0.39 is 0 Å². The zero-order valence-corrected chi connectivity index (χ0v) is 12.9. The van der Waals surface area contributed by atoms with E-state index in [9.17, 15) is 0 Å². The zero-order chi connectivity index (χ0) is 15.0. The predicted octanol–water partition coefficient (Wildman–Crippen LogP) is 4.04. The van der Waals surface area contributed by atoms with Gasteiger partial charge in [-0.25, -0.2) is 0 Å². The molecule has 1 fully saturated rings. The summed E-state index contributed by atoms with van der Waals surface area (Å²) in [6.07, 6.45) is 6.76. The summed E-state index contributed by atoms with van der Waals surface area (Å²) in [5.41, 5.74) is 6.64. The molecule has 1 saturated heterocycles. The number of benzene rings is 2. The number of aryl methyl sites for hydroxylation is 3. The minimum absolute atomic E-state index is 0.227. The Morgan fingerprint density at radius 3 is 2.24 bits per heavy atom. The third-order valence-corrected chi connectivity index (χ3v) is 4.28. The second-order valence-corrected chi connectivity index (χ2v) is 6.02. The number of terminal acetylenes is 1. The van der Waals surface area contributed by atoms with E-state index in [-0.39, 0.29) is 6.04 Å². The monoisotopic (exact) mass is 275 g/mol. The van der Waals surface area contributed by atoms with Crippen molar-refractivity contribution in [2.24, 2.45) is 0 Å². The van der Waals surface area contributed by atoms with Crippen molar-refractivity contribution in [3.63, 3.8) is 0 Å². The van der Waals surface area contributed by atoms with Crippen LogP contribution in [0, 0.1) is 33.1 Å². The first-order valence-corrected chi connectivity index (χ1v) is 7.48. The molecule has 21 heavy (non-hydrogen) atoms. The van der Waals surface area contributed by atoms with Crippen LogP contribution in [0.25, 0.3) is 0 Å². The number of hydrogen-bond acceptors (Lipinski definition) is 1. The van der Waals surface area contributed by atoms with E-state index in [1.54, 1.807) is 0 Å². The average Bonchev–Trinajstić information content (AvgIpc) is 3.11. The highest BCUT2D eigenvalue weighted by atomic mass is 15.4. The SMILES string of the molecule is C#C[C@@H]1[C@H](Cc2ccccc2)N1c1c(C)cc(C)cc1C. The third kappa shape index (κ3) is 2.54. The van der Waals surface area contributed by atoms with Crippen LogP contribution in [0.15, 0.2) is 42.5 Å². The normalized spacial score (nSPS) is 20.2. The number of nitrogens with zero attached hydrogens (tertiary/aromatic N) is 1. The Morgan fingerprint density at radius 2 is 1.67 bits per heavy atom. The first-order valence-electron chi connectivity index (χ1n) is 7.48. The molecule has 1 nitrogen and oxygen atoms in total. The molecule has 0 radical (unpaired) electrons. The van der Waals surface area contributed by atoms with Crippen LogP contribution in [-0.2, 0) is 6.42 Å². The molecule has 2 aromatic rings. The van der Waals surface area contributed by atoms with Crippen LogP contribution < -0.4 is 4.90 Å². The average molecular weight is 275 g/mol. The molecule has 1 aliphatic rings. The summed E-state index contributed by atoms with van der Waals surface area (Å²) in [6.45, 7) is 6.51. The van der Waals surface area contributed by atoms with Gasteiger partial charge in [0.2, 0.25) is 0 Å². The van der Waals surface area contributed by atoms with Gasteiger partial charge < -0.3 is 4.90 Å². The molecule has 3 rings (SSSR count). The second-order valence-electron chi connectivity index (χ2n) is 6.02. The molecule has 1 heteroatoms. The molecular weight excluding hydrogens is 254 g/mol. The summed E-state index contributed by atoms with van der Waals surface area (Å²) in [7, 11) is 0. The molecule has 0 unspecified atom stereocenters. The first kappa shape index (κ1) is 13.8. The second kappa shape index (κ2) is 5.30. The Morgan fingerprint density at radius 1 is 1.05 bits per heavy atom. The van der Waals surface area contributed by atoms with E-state index in [0.29, 0.717) is 6.04 Å². The van der Waals surface area contributed by atoms with E-state index >= 15 is 0 Å². The van der Waals surface area contributed by atoms with Crippen LogP contribution >= 0.6 is 0 Å². The maximum absolute atomic E-state index is 5.74. The maximum atomic E-state index is 5.74. The Bertz CT molecular complexity index is 671. The molecule has 0 N–H and O–H groups in total. The number of rotatable bonds is 3. The van der Waals surface area contributed by atoms with Crippen molar-refractivity contribution in [3.8, 4) is 12.3 Å².